The van der Waals surface area contributed by atoms with Gasteiger partial charge in [-0.1, -0.05) is 60.7 Å². The largest absolute Gasteiger partial charge is 0.480 e. The van der Waals surface area contributed by atoms with Gasteiger partial charge in [-0.3, -0.25) is 9.69 Å². The summed E-state index contributed by atoms with van der Waals surface area (Å²) < 4.78 is 0. The van der Waals surface area contributed by atoms with Crippen LogP contribution in [0.3, 0.4) is 0 Å². The van der Waals surface area contributed by atoms with Crippen LogP contribution in [-0.2, 0) is 17.6 Å². The summed E-state index contributed by atoms with van der Waals surface area (Å²) in [6, 6.07) is 19.7. The molecular weight excluding hydrogens is 274 g/mol. The van der Waals surface area contributed by atoms with Crippen molar-refractivity contribution in [1.29, 1.82) is 0 Å². The van der Waals surface area contributed by atoms with Gasteiger partial charge < -0.3 is 5.11 Å². The molecule has 0 saturated carbocycles. The molecule has 2 rings (SSSR count). The predicted octanol–water partition coefficient (Wildman–Crippen LogP) is 3.10. The van der Waals surface area contributed by atoms with E-state index in [1.807, 2.05) is 50.5 Å². The summed E-state index contributed by atoms with van der Waals surface area (Å²) >= 11 is 0. The Balaban J connectivity index is 2.25. The highest BCUT2D eigenvalue weighted by atomic mass is 16.4. The van der Waals surface area contributed by atoms with Crippen LogP contribution in [0.1, 0.15) is 11.1 Å². The van der Waals surface area contributed by atoms with Gasteiger partial charge in [0.1, 0.15) is 6.04 Å². The molecule has 3 nitrogen and oxygen atoms in total. The molecular formula is C19H23NO2. The van der Waals surface area contributed by atoms with Crippen molar-refractivity contribution in [1.82, 2.24) is 4.90 Å². The molecule has 0 bridgehead atoms. The number of carboxylic acids is 1. The van der Waals surface area contributed by atoms with Gasteiger partial charge in [0, 0.05) is 0 Å². The Morgan fingerprint density at radius 3 is 1.64 bits per heavy atom. The van der Waals surface area contributed by atoms with E-state index in [1.54, 1.807) is 4.90 Å². The van der Waals surface area contributed by atoms with Gasteiger partial charge in [0.05, 0.1) is 0 Å². The van der Waals surface area contributed by atoms with Crippen LogP contribution in [0.5, 0.6) is 0 Å². The fourth-order valence-corrected chi connectivity index (χ4v) is 2.97. The molecule has 0 aromatic heterocycles. The maximum Gasteiger partial charge on any atom is 0.321 e. The van der Waals surface area contributed by atoms with Crippen LogP contribution >= 0.6 is 0 Å². The van der Waals surface area contributed by atoms with Crippen LogP contribution in [0.25, 0.3) is 0 Å². The number of hydrogen-bond donors (Lipinski definition) is 1. The maximum absolute atomic E-state index is 11.7. The van der Waals surface area contributed by atoms with Crippen LogP contribution in [0, 0.1) is 5.92 Å². The zero-order chi connectivity index (χ0) is 15.9. The van der Waals surface area contributed by atoms with E-state index in [4.69, 9.17) is 0 Å². The number of benzene rings is 2. The molecule has 0 amide bonds. The molecule has 1 N–H and O–H groups in total. The second kappa shape index (κ2) is 7.76. The van der Waals surface area contributed by atoms with Gasteiger partial charge in [-0.25, -0.2) is 0 Å². The Morgan fingerprint density at radius 1 is 0.909 bits per heavy atom. The van der Waals surface area contributed by atoms with Crippen LogP contribution < -0.4 is 0 Å². The number of carbonyl (C=O) groups is 1. The number of rotatable bonds is 7. The van der Waals surface area contributed by atoms with Gasteiger partial charge in [0.25, 0.3) is 0 Å². The summed E-state index contributed by atoms with van der Waals surface area (Å²) in [5, 5.41) is 9.63. The SMILES string of the molecule is CN(C)C(C(=O)O)C(Cc1ccccc1)Cc1ccccc1. The molecule has 0 aliphatic rings. The molecule has 2 aromatic carbocycles. The maximum atomic E-state index is 11.7. The average Bonchev–Trinajstić information content (AvgIpc) is 2.48. The van der Waals surface area contributed by atoms with Crippen LogP contribution in [-0.4, -0.2) is 36.1 Å². The Bertz CT molecular complexity index is 539. The van der Waals surface area contributed by atoms with Crippen molar-refractivity contribution >= 4 is 5.97 Å². The molecule has 0 fully saturated rings. The zero-order valence-electron chi connectivity index (χ0n) is 13.1. The van der Waals surface area contributed by atoms with E-state index in [2.05, 4.69) is 24.3 Å². The third kappa shape index (κ3) is 4.43. The standard InChI is InChI=1S/C19H23NO2/c1-20(2)18(19(21)22)17(13-15-9-5-3-6-10-15)14-16-11-7-4-8-12-16/h3-12,17-18H,13-14H2,1-2H3,(H,21,22). The van der Waals surface area contributed by atoms with Gasteiger partial charge in [0.2, 0.25) is 0 Å². The monoisotopic (exact) mass is 297 g/mol. The first-order valence-corrected chi connectivity index (χ1v) is 7.55. The lowest BCUT2D eigenvalue weighted by Crippen LogP contribution is -2.43. The minimum atomic E-state index is -0.762. The molecule has 22 heavy (non-hydrogen) atoms. The molecule has 116 valence electrons. The van der Waals surface area contributed by atoms with E-state index >= 15 is 0 Å². The number of aliphatic carboxylic acids is 1. The van der Waals surface area contributed by atoms with Crippen molar-refractivity contribution in [3.63, 3.8) is 0 Å². The third-order valence-corrected chi connectivity index (χ3v) is 3.94. The molecule has 2 aromatic rings. The van der Waals surface area contributed by atoms with E-state index < -0.39 is 12.0 Å². The van der Waals surface area contributed by atoms with Crippen molar-refractivity contribution < 1.29 is 9.90 Å². The van der Waals surface area contributed by atoms with Crippen LogP contribution in [0.4, 0.5) is 0 Å². The lowest BCUT2D eigenvalue weighted by Gasteiger charge is -2.29. The van der Waals surface area contributed by atoms with Gasteiger partial charge in [0.15, 0.2) is 0 Å². The molecule has 1 atom stereocenters. The number of likely N-dealkylation sites (N-methyl/N-ethyl adjacent to an activating group) is 1. The average molecular weight is 297 g/mol. The van der Waals surface area contributed by atoms with Crippen molar-refractivity contribution in [3.8, 4) is 0 Å². The molecule has 0 aliphatic carbocycles. The fourth-order valence-electron chi connectivity index (χ4n) is 2.97. The third-order valence-electron chi connectivity index (χ3n) is 3.94. The Kier molecular flexibility index (Phi) is 5.73. The van der Waals surface area contributed by atoms with E-state index in [9.17, 15) is 9.90 Å². The molecule has 0 saturated heterocycles. The van der Waals surface area contributed by atoms with E-state index in [-0.39, 0.29) is 5.92 Å². The fraction of sp³-hybridized carbons (Fsp3) is 0.316. The van der Waals surface area contributed by atoms with Gasteiger partial charge in [-0.05, 0) is 44.0 Å². The quantitative estimate of drug-likeness (QED) is 0.853. The van der Waals surface area contributed by atoms with Gasteiger partial charge in [-0.2, -0.15) is 0 Å². The Morgan fingerprint density at radius 2 is 1.32 bits per heavy atom. The first-order chi connectivity index (χ1) is 10.6. The second-order valence-corrected chi connectivity index (χ2v) is 5.89. The summed E-state index contributed by atoms with van der Waals surface area (Å²) in [7, 11) is 3.67. The second-order valence-electron chi connectivity index (χ2n) is 5.89. The van der Waals surface area contributed by atoms with E-state index in [0.29, 0.717) is 0 Å². The van der Waals surface area contributed by atoms with E-state index in [1.165, 1.54) is 11.1 Å². The molecule has 0 spiro atoms. The highest BCUT2D eigenvalue weighted by Gasteiger charge is 2.30. The smallest absolute Gasteiger partial charge is 0.321 e. The summed E-state index contributed by atoms with van der Waals surface area (Å²) in [5.74, 6) is -0.737. The van der Waals surface area contributed by atoms with E-state index in [0.717, 1.165) is 12.8 Å². The summed E-state index contributed by atoms with van der Waals surface area (Å²) in [6.45, 7) is 0. The minimum Gasteiger partial charge on any atom is -0.480 e. The first kappa shape index (κ1) is 16.2. The highest BCUT2D eigenvalue weighted by Crippen LogP contribution is 2.21. The predicted molar refractivity (Wildman–Crippen MR) is 88.9 cm³/mol. The first-order valence-electron chi connectivity index (χ1n) is 7.55. The molecule has 0 radical (unpaired) electrons. The van der Waals surface area contributed by atoms with Crippen molar-refractivity contribution in [2.75, 3.05) is 14.1 Å². The van der Waals surface area contributed by atoms with Crippen molar-refractivity contribution in [3.05, 3.63) is 71.8 Å². The molecule has 1 unspecified atom stereocenters. The lowest BCUT2D eigenvalue weighted by molar-refractivity contribution is -0.144. The summed E-state index contributed by atoms with van der Waals surface area (Å²) in [5.41, 5.74) is 2.35. The number of nitrogens with zero attached hydrogens (tertiary/aromatic N) is 1. The van der Waals surface area contributed by atoms with Crippen LogP contribution in [0.15, 0.2) is 60.7 Å². The number of hydrogen-bond acceptors (Lipinski definition) is 2. The Hall–Kier alpha value is -2.13. The highest BCUT2D eigenvalue weighted by molar-refractivity contribution is 5.74. The van der Waals surface area contributed by atoms with Crippen LogP contribution in [0.2, 0.25) is 0 Å². The van der Waals surface area contributed by atoms with Gasteiger partial charge >= 0.3 is 5.97 Å². The molecule has 0 heterocycles. The van der Waals surface area contributed by atoms with Gasteiger partial charge in [-0.15, -0.1) is 0 Å². The Labute approximate surface area is 132 Å². The topological polar surface area (TPSA) is 40.5 Å². The zero-order valence-corrected chi connectivity index (χ0v) is 13.1. The van der Waals surface area contributed by atoms with Crippen molar-refractivity contribution in [2.24, 2.45) is 5.92 Å². The summed E-state index contributed by atoms with van der Waals surface area (Å²) in [6.07, 6.45) is 1.51. The van der Waals surface area contributed by atoms with Crippen molar-refractivity contribution in [2.45, 2.75) is 18.9 Å². The molecule has 3 heteroatoms. The lowest BCUT2D eigenvalue weighted by atomic mass is 9.86. The molecule has 0 aliphatic heterocycles. The summed E-state index contributed by atoms with van der Waals surface area (Å²) in [4.78, 5) is 13.5. The minimum absolute atomic E-state index is 0.0253. The normalized spacial score (nSPS) is 12.5. The number of carboxylic acid groups (broad SMARTS) is 1.